The number of rotatable bonds is 14. The van der Waals surface area contributed by atoms with Gasteiger partial charge in [0.1, 0.15) is 6.10 Å². The predicted molar refractivity (Wildman–Crippen MR) is 166 cm³/mol. The number of unbranched alkanes of at least 4 members (excludes halogenated alkanes) is 2. The van der Waals surface area contributed by atoms with Crippen molar-refractivity contribution in [1.82, 2.24) is 5.32 Å². The monoisotopic (exact) mass is 557 g/mol. The van der Waals surface area contributed by atoms with E-state index in [2.05, 4.69) is 52.9 Å². The van der Waals surface area contributed by atoms with Crippen LogP contribution in [0.4, 0.5) is 4.79 Å². The van der Waals surface area contributed by atoms with Gasteiger partial charge in [-0.2, -0.15) is 0 Å². The number of alkyl carbamates (subject to hydrolysis) is 1. The molecular formula is C36H63NO3. The highest BCUT2D eigenvalue weighted by molar-refractivity contribution is 5.67. The van der Waals surface area contributed by atoms with Crippen LogP contribution in [0.1, 0.15) is 138 Å². The van der Waals surface area contributed by atoms with E-state index in [0.29, 0.717) is 24.0 Å². The Kier molecular flexibility index (Phi) is 11.5. The van der Waals surface area contributed by atoms with Crippen LogP contribution in [-0.2, 0) is 9.47 Å². The maximum absolute atomic E-state index is 12.5. The number of hydrogen-bond acceptors (Lipinski definition) is 3. The maximum atomic E-state index is 12.5. The molecule has 4 aliphatic rings. The molecule has 1 N–H and O–H groups in total. The zero-order chi connectivity index (χ0) is 28.8. The number of ether oxygens (including phenoxy) is 2. The fraction of sp³-hybridized carbons (Fsp3) is 0.917. The van der Waals surface area contributed by atoms with Crippen LogP contribution in [0.2, 0.25) is 0 Å². The first kappa shape index (κ1) is 31.9. The molecule has 4 aliphatic carbocycles. The van der Waals surface area contributed by atoms with E-state index in [0.717, 1.165) is 67.8 Å². The van der Waals surface area contributed by atoms with Crippen molar-refractivity contribution in [3.8, 4) is 0 Å². The lowest BCUT2D eigenvalue weighted by molar-refractivity contribution is -0.0581. The van der Waals surface area contributed by atoms with E-state index >= 15 is 0 Å². The van der Waals surface area contributed by atoms with Crippen LogP contribution >= 0.6 is 0 Å². The Hall–Kier alpha value is -1.03. The largest absolute Gasteiger partial charge is 0.446 e. The van der Waals surface area contributed by atoms with Crippen LogP contribution in [0, 0.1) is 46.3 Å². The quantitative estimate of drug-likeness (QED) is 0.171. The van der Waals surface area contributed by atoms with Crippen LogP contribution in [0.25, 0.3) is 0 Å². The normalized spacial score (nSPS) is 35.9. The van der Waals surface area contributed by atoms with Crippen molar-refractivity contribution < 1.29 is 14.3 Å². The molecule has 1 amide bonds. The molecule has 230 valence electrons. The summed E-state index contributed by atoms with van der Waals surface area (Å²) in [6, 6.07) is 0. The number of nitrogens with one attached hydrogen (secondary N) is 1. The number of amides is 1. The van der Waals surface area contributed by atoms with Gasteiger partial charge in [-0.25, -0.2) is 4.79 Å². The fourth-order valence-electron chi connectivity index (χ4n) is 9.87. The molecule has 6 unspecified atom stereocenters. The Labute approximate surface area is 247 Å². The molecule has 3 fully saturated rings. The minimum Gasteiger partial charge on any atom is -0.446 e. The molecule has 0 spiro atoms. The van der Waals surface area contributed by atoms with Crippen LogP contribution in [0.5, 0.6) is 0 Å². The van der Waals surface area contributed by atoms with Crippen molar-refractivity contribution in [3.05, 3.63) is 11.6 Å². The van der Waals surface area contributed by atoms with E-state index < -0.39 is 0 Å². The third-order valence-electron chi connectivity index (χ3n) is 12.2. The molecular weight excluding hydrogens is 494 g/mol. The van der Waals surface area contributed by atoms with Crippen LogP contribution in [-0.4, -0.2) is 32.0 Å². The third kappa shape index (κ3) is 7.30. The second-order valence-electron chi connectivity index (χ2n) is 15.2. The van der Waals surface area contributed by atoms with Crippen molar-refractivity contribution in [2.75, 3.05) is 19.8 Å². The number of fused-ring (bicyclic) bond motifs is 5. The Bertz CT molecular complexity index is 838. The second-order valence-corrected chi connectivity index (χ2v) is 15.2. The summed E-state index contributed by atoms with van der Waals surface area (Å²) >= 11 is 0. The lowest BCUT2D eigenvalue weighted by atomic mass is 9.47. The Morgan fingerprint density at radius 1 is 0.975 bits per heavy atom. The zero-order valence-electron chi connectivity index (χ0n) is 27.1. The van der Waals surface area contributed by atoms with Gasteiger partial charge in [-0.1, -0.05) is 85.3 Å². The molecule has 40 heavy (non-hydrogen) atoms. The van der Waals surface area contributed by atoms with Crippen molar-refractivity contribution in [2.24, 2.45) is 46.3 Å². The van der Waals surface area contributed by atoms with E-state index in [1.807, 2.05) is 0 Å². The summed E-state index contributed by atoms with van der Waals surface area (Å²) < 4.78 is 11.6. The fourth-order valence-corrected chi connectivity index (χ4v) is 9.87. The van der Waals surface area contributed by atoms with Gasteiger partial charge in [0.05, 0.1) is 0 Å². The molecule has 4 rings (SSSR count). The lowest BCUT2D eigenvalue weighted by Crippen LogP contribution is -2.51. The van der Waals surface area contributed by atoms with Crippen molar-refractivity contribution in [1.29, 1.82) is 0 Å². The number of hydrogen-bond donors (Lipinski definition) is 1. The van der Waals surface area contributed by atoms with Crippen molar-refractivity contribution >= 4 is 6.09 Å². The van der Waals surface area contributed by atoms with E-state index in [9.17, 15) is 4.79 Å². The topological polar surface area (TPSA) is 47.6 Å². The Balaban J connectivity index is 1.26. The summed E-state index contributed by atoms with van der Waals surface area (Å²) in [6.07, 6.45) is 21.1. The first-order valence-electron chi connectivity index (χ1n) is 17.4. The number of carbonyl (C=O) groups excluding carboxylic acids is 1. The van der Waals surface area contributed by atoms with Crippen LogP contribution in [0.3, 0.4) is 0 Å². The number of allylic oxidation sites excluding steroid dienone is 1. The minimum absolute atomic E-state index is 0.0255. The molecule has 0 saturated heterocycles. The highest BCUT2D eigenvalue weighted by Crippen LogP contribution is 2.67. The Morgan fingerprint density at radius 2 is 1.77 bits per heavy atom. The van der Waals surface area contributed by atoms with Gasteiger partial charge in [-0.15, -0.1) is 0 Å². The molecule has 0 radical (unpaired) electrons. The Morgan fingerprint density at radius 3 is 2.55 bits per heavy atom. The second kappa shape index (κ2) is 14.4. The van der Waals surface area contributed by atoms with Gasteiger partial charge < -0.3 is 14.8 Å². The van der Waals surface area contributed by atoms with Gasteiger partial charge in [-0.3, -0.25) is 0 Å². The van der Waals surface area contributed by atoms with Gasteiger partial charge >= 0.3 is 6.09 Å². The van der Waals surface area contributed by atoms with Crippen LogP contribution < -0.4 is 5.32 Å². The molecule has 0 aromatic heterocycles. The number of carbonyl (C=O) groups is 1. The van der Waals surface area contributed by atoms with Gasteiger partial charge in [0, 0.05) is 26.2 Å². The molecule has 0 heterocycles. The first-order valence-corrected chi connectivity index (χ1v) is 17.4. The molecule has 0 aliphatic heterocycles. The smallest absolute Gasteiger partial charge is 0.407 e. The van der Waals surface area contributed by atoms with Gasteiger partial charge in [-0.05, 0) is 104 Å². The summed E-state index contributed by atoms with van der Waals surface area (Å²) in [5, 5.41) is 2.96. The molecule has 0 aromatic rings. The van der Waals surface area contributed by atoms with Crippen LogP contribution in [0.15, 0.2) is 11.6 Å². The lowest BCUT2D eigenvalue weighted by Gasteiger charge is -2.58. The summed E-state index contributed by atoms with van der Waals surface area (Å²) in [5.74, 6) is 5.18. The highest BCUT2D eigenvalue weighted by atomic mass is 16.6. The minimum atomic E-state index is -0.248. The van der Waals surface area contributed by atoms with E-state index in [1.165, 1.54) is 70.6 Å². The standard InChI is InChI=1S/C36H63NO3/c1-7-8-9-23-39-24-11-22-37-34(38)40-29-18-20-35(5)28(25-29)14-15-30-32-17-16-31(27(4)13-10-12-26(2)3)36(32,6)21-19-33(30)35/h14,26-27,29-33H,7-13,15-25H2,1-6H3,(H,37,38)/t27?,29?,30?,31?,32?,33?,35-,36+/m0/s1. The molecule has 0 aromatic carbocycles. The molecule has 4 nitrogen and oxygen atoms in total. The summed E-state index contributed by atoms with van der Waals surface area (Å²) in [6.45, 7) is 16.9. The van der Waals surface area contributed by atoms with E-state index in [1.54, 1.807) is 5.57 Å². The summed E-state index contributed by atoms with van der Waals surface area (Å²) in [4.78, 5) is 12.5. The van der Waals surface area contributed by atoms with E-state index in [-0.39, 0.29) is 12.2 Å². The molecule has 8 atom stereocenters. The summed E-state index contributed by atoms with van der Waals surface area (Å²) in [5.41, 5.74) is 2.44. The zero-order valence-corrected chi connectivity index (χ0v) is 27.1. The molecule has 3 saturated carbocycles. The maximum Gasteiger partial charge on any atom is 0.407 e. The third-order valence-corrected chi connectivity index (χ3v) is 12.2. The average Bonchev–Trinajstić information content (AvgIpc) is 3.27. The predicted octanol–water partition coefficient (Wildman–Crippen LogP) is 9.72. The average molecular weight is 558 g/mol. The first-order chi connectivity index (χ1) is 19.2. The van der Waals surface area contributed by atoms with E-state index in [4.69, 9.17) is 9.47 Å². The van der Waals surface area contributed by atoms with Gasteiger partial charge in [0.25, 0.3) is 0 Å². The van der Waals surface area contributed by atoms with Gasteiger partial charge in [0.2, 0.25) is 0 Å². The SMILES string of the molecule is CCCCCOCCCNC(=O)OC1CC[C@@]2(C)C(=CCC3C4CCC(C(C)CCCC(C)C)[C@@]4(C)CCC32)C1. The summed E-state index contributed by atoms with van der Waals surface area (Å²) in [7, 11) is 0. The van der Waals surface area contributed by atoms with Crippen molar-refractivity contribution in [2.45, 2.75) is 144 Å². The molecule has 0 bridgehead atoms. The molecule has 4 heteroatoms. The highest BCUT2D eigenvalue weighted by Gasteiger charge is 2.59. The van der Waals surface area contributed by atoms with Crippen molar-refractivity contribution in [3.63, 3.8) is 0 Å². The van der Waals surface area contributed by atoms with Gasteiger partial charge in [0.15, 0.2) is 0 Å².